The molecule has 150 valence electrons. The van der Waals surface area contributed by atoms with E-state index in [0.29, 0.717) is 16.5 Å². The molecule has 0 aliphatic heterocycles. The van der Waals surface area contributed by atoms with Crippen LogP contribution in [0.15, 0.2) is 47.5 Å². The Labute approximate surface area is 161 Å². The lowest BCUT2D eigenvalue weighted by atomic mass is 10.0. The van der Waals surface area contributed by atoms with Crippen LogP contribution < -0.4 is 4.72 Å². The molecule has 0 bridgehead atoms. The number of hydrogen-bond acceptors (Lipinski definition) is 3. The first kappa shape index (κ1) is 20.3. The number of aromatic nitrogens is 2. The molecule has 2 aromatic heterocycles. The van der Waals surface area contributed by atoms with E-state index in [1.807, 2.05) is 13.8 Å². The van der Waals surface area contributed by atoms with E-state index in [1.54, 1.807) is 25.1 Å². The van der Waals surface area contributed by atoms with E-state index in [9.17, 15) is 21.6 Å². The minimum Gasteiger partial charge on any atom is -0.336 e. The van der Waals surface area contributed by atoms with Gasteiger partial charge < -0.3 is 4.98 Å². The minimum atomic E-state index is -4.51. The van der Waals surface area contributed by atoms with Gasteiger partial charge in [0.25, 0.3) is 0 Å². The fourth-order valence-electron chi connectivity index (χ4n) is 2.69. The zero-order valence-electron chi connectivity index (χ0n) is 15.5. The summed E-state index contributed by atoms with van der Waals surface area (Å²) in [5.74, 6) is 0.135. The molecule has 28 heavy (non-hydrogen) atoms. The molecule has 0 spiro atoms. The average molecular weight is 411 g/mol. The quantitative estimate of drug-likeness (QED) is 0.646. The number of nitrogens with one attached hydrogen (secondary N) is 2. The van der Waals surface area contributed by atoms with E-state index in [4.69, 9.17) is 0 Å². The molecule has 0 aliphatic rings. The highest BCUT2D eigenvalue weighted by atomic mass is 32.2. The van der Waals surface area contributed by atoms with E-state index >= 15 is 0 Å². The molecule has 1 atom stereocenters. The number of hydrogen-bond donors (Lipinski definition) is 2. The predicted molar refractivity (Wildman–Crippen MR) is 101 cm³/mol. The van der Waals surface area contributed by atoms with Gasteiger partial charge in [0.05, 0.1) is 4.90 Å². The van der Waals surface area contributed by atoms with Gasteiger partial charge in [0.15, 0.2) is 0 Å². The summed E-state index contributed by atoms with van der Waals surface area (Å²) in [6.45, 7) is 5.61. The van der Waals surface area contributed by atoms with Gasteiger partial charge in [-0.2, -0.15) is 13.2 Å². The maximum Gasteiger partial charge on any atom is 0.431 e. The molecule has 3 rings (SSSR count). The van der Waals surface area contributed by atoms with Crippen molar-refractivity contribution >= 4 is 21.1 Å². The van der Waals surface area contributed by atoms with Crippen molar-refractivity contribution in [3.05, 3.63) is 48.3 Å². The Kier molecular flexibility index (Phi) is 5.24. The number of alkyl halides is 3. The van der Waals surface area contributed by atoms with Crippen molar-refractivity contribution in [1.29, 1.82) is 0 Å². The summed E-state index contributed by atoms with van der Waals surface area (Å²) in [6, 6.07) is 8.40. The number of pyridine rings is 1. The highest BCUT2D eigenvalue weighted by molar-refractivity contribution is 7.89. The Balaban J connectivity index is 1.97. The van der Waals surface area contributed by atoms with Crippen LogP contribution in [0, 0.1) is 5.92 Å². The number of aromatic amines is 1. The summed E-state index contributed by atoms with van der Waals surface area (Å²) in [5, 5.41) is 0.317. The number of benzene rings is 1. The Morgan fingerprint density at radius 3 is 2.29 bits per heavy atom. The third-order valence-electron chi connectivity index (χ3n) is 4.65. The van der Waals surface area contributed by atoms with Gasteiger partial charge in [0.1, 0.15) is 11.3 Å². The van der Waals surface area contributed by atoms with Crippen LogP contribution in [0.2, 0.25) is 0 Å². The van der Waals surface area contributed by atoms with Crippen LogP contribution in [0.25, 0.3) is 22.2 Å². The molecule has 0 aliphatic carbocycles. The van der Waals surface area contributed by atoms with Crippen LogP contribution in [0.1, 0.15) is 26.5 Å². The van der Waals surface area contributed by atoms with Crippen molar-refractivity contribution in [1.82, 2.24) is 14.7 Å². The van der Waals surface area contributed by atoms with Gasteiger partial charge in [-0.05, 0) is 48.2 Å². The second-order valence-electron chi connectivity index (χ2n) is 6.98. The van der Waals surface area contributed by atoms with Crippen molar-refractivity contribution < 1.29 is 21.6 Å². The maximum atomic E-state index is 13.0. The van der Waals surface area contributed by atoms with E-state index in [0.717, 1.165) is 6.07 Å². The molecular weight excluding hydrogens is 391 g/mol. The third kappa shape index (κ3) is 4.05. The van der Waals surface area contributed by atoms with Crippen LogP contribution in [0.4, 0.5) is 13.2 Å². The van der Waals surface area contributed by atoms with Gasteiger partial charge >= 0.3 is 6.18 Å². The minimum absolute atomic E-state index is 0.0964. The Hall–Kier alpha value is -2.39. The van der Waals surface area contributed by atoms with Crippen molar-refractivity contribution in [2.24, 2.45) is 5.92 Å². The molecule has 9 heteroatoms. The number of nitrogens with zero attached hydrogens (tertiary/aromatic N) is 1. The summed E-state index contributed by atoms with van der Waals surface area (Å²) in [4.78, 5) is 6.31. The van der Waals surface area contributed by atoms with Gasteiger partial charge in [-0.3, -0.25) is 0 Å². The predicted octanol–water partition coefficient (Wildman–Crippen LogP) is 4.57. The lowest BCUT2D eigenvalue weighted by Crippen LogP contribution is -2.36. The van der Waals surface area contributed by atoms with Crippen molar-refractivity contribution in [2.45, 2.75) is 37.9 Å². The monoisotopic (exact) mass is 411 g/mol. The van der Waals surface area contributed by atoms with Crippen LogP contribution in [-0.2, 0) is 16.2 Å². The normalized spacial score (nSPS) is 14.0. The summed E-state index contributed by atoms with van der Waals surface area (Å²) < 4.78 is 66.5. The maximum absolute atomic E-state index is 13.0. The van der Waals surface area contributed by atoms with E-state index < -0.39 is 21.9 Å². The molecule has 1 unspecified atom stereocenters. The molecule has 0 saturated heterocycles. The fourth-order valence-corrected chi connectivity index (χ4v) is 4.09. The number of H-pyrrole nitrogens is 1. The molecule has 2 N–H and O–H groups in total. The van der Waals surface area contributed by atoms with Gasteiger partial charge in [0, 0.05) is 17.6 Å². The van der Waals surface area contributed by atoms with Crippen molar-refractivity contribution in [2.75, 3.05) is 0 Å². The smallest absolute Gasteiger partial charge is 0.336 e. The number of halogens is 3. The van der Waals surface area contributed by atoms with Crippen LogP contribution in [0.3, 0.4) is 0 Å². The second-order valence-corrected chi connectivity index (χ2v) is 8.69. The van der Waals surface area contributed by atoms with E-state index in [-0.39, 0.29) is 22.5 Å². The number of fused-ring (bicyclic) bond motifs is 1. The summed E-state index contributed by atoms with van der Waals surface area (Å²) >= 11 is 0. The third-order valence-corrected chi connectivity index (χ3v) is 6.23. The Morgan fingerprint density at radius 2 is 1.71 bits per heavy atom. The largest absolute Gasteiger partial charge is 0.431 e. The molecule has 0 radical (unpaired) electrons. The first-order valence-electron chi connectivity index (χ1n) is 8.67. The van der Waals surface area contributed by atoms with Crippen LogP contribution >= 0.6 is 0 Å². The van der Waals surface area contributed by atoms with E-state index in [2.05, 4.69) is 14.7 Å². The first-order chi connectivity index (χ1) is 13.0. The van der Waals surface area contributed by atoms with Gasteiger partial charge in [-0.15, -0.1) is 0 Å². The molecular formula is C19H20F3N3O2S. The zero-order chi connectivity index (χ0) is 20.7. The number of rotatable bonds is 5. The summed E-state index contributed by atoms with van der Waals surface area (Å²) in [7, 11) is -3.68. The lowest BCUT2D eigenvalue weighted by molar-refractivity contribution is -0.140. The SMILES string of the molecule is CC(C)C(C)NS(=O)(=O)c1ccc(-c2ccnc3[nH]c(C(F)(F)F)cc23)cc1. The first-order valence-corrected chi connectivity index (χ1v) is 10.1. The summed E-state index contributed by atoms with van der Waals surface area (Å²) in [5.41, 5.74) is 0.364. The molecule has 2 heterocycles. The fraction of sp³-hybridized carbons (Fsp3) is 0.316. The van der Waals surface area contributed by atoms with Crippen molar-refractivity contribution in [3.63, 3.8) is 0 Å². The highest BCUT2D eigenvalue weighted by Gasteiger charge is 2.33. The zero-order valence-corrected chi connectivity index (χ0v) is 16.3. The molecule has 0 fully saturated rings. The molecule has 0 saturated carbocycles. The molecule has 1 aromatic carbocycles. The summed E-state index contributed by atoms with van der Waals surface area (Å²) in [6.07, 6.45) is -3.10. The van der Waals surface area contributed by atoms with Gasteiger partial charge in [-0.25, -0.2) is 18.1 Å². The topological polar surface area (TPSA) is 74.8 Å². The average Bonchev–Trinajstić information content (AvgIpc) is 3.06. The van der Waals surface area contributed by atoms with Crippen LogP contribution in [0.5, 0.6) is 0 Å². The Bertz CT molecular complexity index is 1090. The Morgan fingerprint density at radius 1 is 1.07 bits per heavy atom. The second kappa shape index (κ2) is 7.21. The number of sulfonamides is 1. The van der Waals surface area contributed by atoms with Gasteiger partial charge in [0.2, 0.25) is 10.0 Å². The highest BCUT2D eigenvalue weighted by Crippen LogP contribution is 2.34. The van der Waals surface area contributed by atoms with E-state index in [1.165, 1.54) is 18.3 Å². The van der Waals surface area contributed by atoms with Crippen LogP contribution in [-0.4, -0.2) is 24.4 Å². The molecule has 0 amide bonds. The standard InChI is InChI=1S/C19H20F3N3O2S/c1-11(2)12(3)25-28(26,27)14-6-4-13(5-7-14)15-8-9-23-18-16(15)10-17(24-18)19(20,21)22/h4-12,25H,1-3H3,(H,23,24). The molecule has 5 nitrogen and oxygen atoms in total. The molecule has 3 aromatic rings. The lowest BCUT2D eigenvalue weighted by Gasteiger charge is -2.17. The van der Waals surface area contributed by atoms with Crippen molar-refractivity contribution in [3.8, 4) is 11.1 Å². The van der Waals surface area contributed by atoms with Gasteiger partial charge in [-0.1, -0.05) is 26.0 Å².